The molecule has 1 atom stereocenters. The van der Waals surface area contributed by atoms with E-state index in [1.807, 2.05) is 56.4 Å². The molecule has 3 N–H and O–H groups in total. The van der Waals surface area contributed by atoms with Crippen LogP contribution in [-0.4, -0.2) is 27.4 Å². The topological polar surface area (TPSA) is 81.1 Å². The maximum absolute atomic E-state index is 11.7. The zero-order valence-electron chi connectivity index (χ0n) is 12.4. The Balaban J connectivity index is 2.27. The lowest BCUT2D eigenvalue weighted by atomic mass is 9.74. The molecule has 0 saturated heterocycles. The van der Waals surface area contributed by atoms with Gasteiger partial charge in [-0.3, -0.25) is 4.79 Å². The summed E-state index contributed by atoms with van der Waals surface area (Å²) in [5.74, 6) is -0.934. The number of benzene rings is 1. The maximum Gasteiger partial charge on any atom is 0.311 e. The molecular formula is C16H21N3O2. The van der Waals surface area contributed by atoms with Crippen molar-refractivity contribution in [1.29, 1.82) is 0 Å². The average molecular weight is 287 g/mol. The van der Waals surface area contributed by atoms with E-state index >= 15 is 0 Å². The molecule has 1 heterocycles. The molecule has 5 heteroatoms. The van der Waals surface area contributed by atoms with Gasteiger partial charge in [0.1, 0.15) is 0 Å². The van der Waals surface area contributed by atoms with Crippen LogP contribution in [0.1, 0.15) is 19.5 Å². The molecule has 0 aliphatic heterocycles. The molecule has 21 heavy (non-hydrogen) atoms. The molecule has 0 radical (unpaired) electrons. The summed E-state index contributed by atoms with van der Waals surface area (Å²) in [6, 6.07) is 11.6. The van der Waals surface area contributed by atoms with Crippen LogP contribution >= 0.6 is 0 Å². The molecule has 1 unspecified atom stereocenters. The first-order valence-corrected chi connectivity index (χ1v) is 7.03. The van der Waals surface area contributed by atoms with Gasteiger partial charge in [-0.1, -0.05) is 32.0 Å². The summed E-state index contributed by atoms with van der Waals surface area (Å²) < 4.78 is 1.75. The quantitative estimate of drug-likeness (QED) is 0.852. The van der Waals surface area contributed by atoms with E-state index in [9.17, 15) is 9.90 Å². The highest BCUT2D eigenvalue weighted by atomic mass is 16.4. The van der Waals surface area contributed by atoms with Gasteiger partial charge in [-0.15, -0.1) is 0 Å². The molecule has 0 aliphatic carbocycles. The number of carbonyl (C=O) groups is 1. The fourth-order valence-electron chi connectivity index (χ4n) is 2.43. The molecule has 0 bridgehead atoms. The molecule has 0 fully saturated rings. The summed E-state index contributed by atoms with van der Waals surface area (Å²) >= 11 is 0. The van der Waals surface area contributed by atoms with Crippen LogP contribution in [0.4, 0.5) is 0 Å². The van der Waals surface area contributed by atoms with Crippen molar-refractivity contribution >= 4 is 5.97 Å². The van der Waals surface area contributed by atoms with E-state index in [0.717, 1.165) is 11.4 Å². The standard InChI is InChI=1S/C16H21N3O2/c1-12(2)16(11-17,15(20)21)10-13-8-9-19(18-13)14-6-4-3-5-7-14/h3-9,12H,10-11,17H2,1-2H3,(H,20,21). The molecule has 112 valence electrons. The van der Waals surface area contributed by atoms with Gasteiger partial charge < -0.3 is 10.8 Å². The predicted molar refractivity (Wildman–Crippen MR) is 81.2 cm³/mol. The van der Waals surface area contributed by atoms with E-state index in [0.29, 0.717) is 6.42 Å². The molecule has 1 aromatic heterocycles. The maximum atomic E-state index is 11.7. The average Bonchev–Trinajstić information content (AvgIpc) is 2.93. The lowest BCUT2D eigenvalue weighted by Crippen LogP contribution is -2.45. The minimum absolute atomic E-state index is 0.0677. The van der Waals surface area contributed by atoms with E-state index < -0.39 is 11.4 Å². The van der Waals surface area contributed by atoms with E-state index in [4.69, 9.17) is 5.73 Å². The summed E-state index contributed by atoms with van der Waals surface area (Å²) in [5.41, 5.74) is 6.47. The van der Waals surface area contributed by atoms with Gasteiger partial charge in [-0.05, 0) is 24.1 Å². The Morgan fingerprint density at radius 1 is 1.33 bits per heavy atom. The summed E-state index contributed by atoms with van der Waals surface area (Å²) in [4.78, 5) is 11.7. The highest BCUT2D eigenvalue weighted by Crippen LogP contribution is 2.31. The minimum atomic E-state index is -0.976. The number of hydrogen-bond donors (Lipinski definition) is 2. The Labute approximate surface area is 124 Å². The Bertz CT molecular complexity index is 607. The van der Waals surface area contributed by atoms with Crippen LogP contribution in [-0.2, 0) is 11.2 Å². The van der Waals surface area contributed by atoms with Crippen molar-refractivity contribution in [3.63, 3.8) is 0 Å². The first-order chi connectivity index (χ1) is 9.99. The summed E-state index contributed by atoms with van der Waals surface area (Å²) in [6.07, 6.45) is 2.17. The van der Waals surface area contributed by atoms with E-state index in [2.05, 4.69) is 5.10 Å². The Kier molecular flexibility index (Phi) is 4.43. The monoisotopic (exact) mass is 287 g/mol. The number of carboxylic acids is 1. The smallest absolute Gasteiger partial charge is 0.311 e. The SMILES string of the molecule is CC(C)C(CN)(Cc1ccn(-c2ccccc2)n1)C(=O)O. The molecule has 1 aromatic carbocycles. The second-order valence-electron chi connectivity index (χ2n) is 5.58. The van der Waals surface area contributed by atoms with E-state index in [1.165, 1.54) is 0 Å². The second kappa shape index (κ2) is 6.10. The van der Waals surface area contributed by atoms with Crippen molar-refractivity contribution in [2.45, 2.75) is 20.3 Å². The number of nitrogens with zero attached hydrogens (tertiary/aromatic N) is 2. The first kappa shape index (κ1) is 15.3. The van der Waals surface area contributed by atoms with Crippen LogP contribution in [0, 0.1) is 11.3 Å². The van der Waals surface area contributed by atoms with E-state index in [-0.39, 0.29) is 12.5 Å². The number of aliphatic carboxylic acids is 1. The number of carboxylic acid groups (broad SMARTS) is 1. The third kappa shape index (κ3) is 2.97. The third-order valence-corrected chi connectivity index (χ3v) is 4.06. The lowest BCUT2D eigenvalue weighted by Gasteiger charge is -2.31. The van der Waals surface area contributed by atoms with Crippen LogP contribution < -0.4 is 5.73 Å². The fourth-order valence-corrected chi connectivity index (χ4v) is 2.43. The Morgan fingerprint density at radius 2 is 2.00 bits per heavy atom. The number of rotatable bonds is 6. The van der Waals surface area contributed by atoms with Crippen LogP contribution in [0.3, 0.4) is 0 Å². The van der Waals surface area contributed by atoms with Crippen LogP contribution in [0.5, 0.6) is 0 Å². The van der Waals surface area contributed by atoms with Gasteiger partial charge in [0.2, 0.25) is 0 Å². The van der Waals surface area contributed by atoms with Gasteiger partial charge in [-0.2, -0.15) is 5.10 Å². The Morgan fingerprint density at radius 3 is 2.52 bits per heavy atom. The first-order valence-electron chi connectivity index (χ1n) is 7.03. The highest BCUT2D eigenvalue weighted by Gasteiger charge is 2.41. The molecule has 0 spiro atoms. The van der Waals surface area contributed by atoms with Gasteiger partial charge in [0, 0.05) is 19.2 Å². The van der Waals surface area contributed by atoms with Crippen molar-refractivity contribution in [3.8, 4) is 5.69 Å². The Hall–Kier alpha value is -2.14. The number of hydrogen-bond acceptors (Lipinski definition) is 3. The van der Waals surface area contributed by atoms with Crippen LogP contribution in [0.2, 0.25) is 0 Å². The van der Waals surface area contributed by atoms with Crippen molar-refractivity contribution in [2.24, 2.45) is 17.1 Å². The summed E-state index contributed by atoms with van der Waals surface area (Å²) in [7, 11) is 0. The zero-order valence-corrected chi connectivity index (χ0v) is 12.4. The molecule has 0 aliphatic rings. The van der Waals surface area contributed by atoms with Crippen molar-refractivity contribution in [1.82, 2.24) is 9.78 Å². The number of nitrogens with two attached hydrogens (primary N) is 1. The molecule has 2 aromatic rings. The van der Waals surface area contributed by atoms with Crippen LogP contribution in [0.15, 0.2) is 42.6 Å². The molecule has 5 nitrogen and oxygen atoms in total. The highest BCUT2D eigenvalue weighted by molar-refractivity contribution is 5.75. The largest absolute Gasteiger partial charge is 0.481 e. The lowest BCUT2D eigenvalue weighted by molar-refractivity contribution is -0.151. The van der Waals surface area contributed by atoms with Crippen molar-refractivity contribution in [2.75, 3.05) is 6.54 Å². The second-order valence-corrected chi connectivity index (χ2v) is 5.58. The van der Waals surface area contributed by atoms with Crippen molar-refractivity contribution < 1.29 is 9.90 Å². The number of aromatic nitrogens is 2. The van der Waals surface area contributed by atoms with E-state index in [1.54, 1.807) is 4.68 Å². The van der Waals surface area contributed by atoms with Gasteiger partial charge in [0.05, 0.1) is 16.8 Å². The van der Waals surface area contributed by atoms with Crippen molar-refractivity contribution in [3.05, 3.63) is 48.3 Å². The third-order valence-electron chi connectivity index (χ3n) is 4.06. The number of para-hydroxylation sites is 1. The fraction of sp³-hybridized carbons (Fsp3) is 0.375. The molecule has 0 saturated carbocycles. The molecule has 0 amide bonds. The normalized spacial score (nSPS) is 14.1. The zero-order chi connectivity index (χ0) is 15.5. The molecular weight excluding hydrogens is 266 g/mol. The summed E-state index contributed by atoms with van der Waals surface area (Å²) in [5, 5.41) is 14.0. The van der Waals surface area contributed by atoms with Gasteiger partial charge >= 0.3 is 5.97 Å². The van der Waals surface area contributed by atoms with Crippen LogP contribution in [0.25, 0.3) is 5.69 Å². The molecule has 2 rings (SSSR count). The van der Waals surface area contributed by atoms with Gasteiger partial charge in [0.25, 0.3) is 0 Å². The van der Waals surface area contributed by atoms with Gasteiger partial charge in [0.15, 0.2) is 0 Å². The summed E-state index contributed by atoms with van der Waals surface area (Å²) in [6.45, 7) is 3.86. The predicted octanol–water partition coefficient (Wildman–Crippen LogP) is 2.10. The van der Waals surface area contributed by atoms with Gasteiger partial charge in [-0.25, -0.2) is 4.68 Å². The minimum Gasteiger partial charge on any atom is -0.481 e.